The van der Waals surface area contributed by atoms with Crippen LogP contribution >= 0.6 is 0 Å². The molecule has 8 heteroatoms. The molecule has 0 aliphatic carbocycles. The number of carbonyl (C=O) groups excluding carboxylic acids is 3. The zero-order valence-corrected chi connectivity index (χ0v) is 22.7. The smallest absolute Gasteiger partial charge is 0.247 e. The van der Waals surface area contributed by atoms with Crippen LogP contribution in [0.4, 0.5) is 0 Å². The third-order valence-electron chi connectivity index (χ3n) is 8.19. The van der Waals surface area contributed by atoms with Gasteiger partial charge in [0.05, 0.1) is 24.2 Å². The highest BCUT2D eigenvalue weighted by Crippen LogP contribution is 2.49. The Morgan fingerprint density at radius 2 is 1.82 bits per heavy atom. The lowest BCUT2D eigenvalue weighted by Crippen LogP contribution is -2.61. The van der Waals surface area contributed by atoms with E-state index in [1.54, 1.807) is 16.7 Å². The molecular formula is C30H40N4O4. The molecule has 2 aromatic carbocycles. The van der Waals surface area contributed by atoms with Gasteiger partial charge in [-0.1, -0.05) is 67.6 Å². The summed E-state index contributed by atoms with van der Waals surface area (Å²) in [5.41, 5.74) is 6.48. The predicted molar refractivity (Wildman–Crippen MR) is 146 cm³/mol. The number of nitrogens with one attached hydrogen (secondary N) is 1. The second-order valence-corrected chi connectivity index (χ2v) is 11.0. The average molecular weight is 521 g/mol. The summed E-state index contributed by atoms with van der Waals surface area (Å²) in [6, 6.07) is 18.9. The van der Waals surface area contributed by atoms with Gasteiger partial charge in [-0.2, -0.15) is 0 Å². The van der Waals surface area contributed by atoms with Crippen LogP contribution in [0.5, 0.6) is 0 Å². The normalized spacial score (nSPS) is 23.8. The summed E-state index contributed by atoms with van der Waals surface area (Å²) in [5, 5.41) is 2.86. The Morgan fingerprint density at radius 3 is 2.47 bits per heavy atom. The van der Waals surface area contributed by atoms with Gasteiger partial charge in [-0.15, -0.1) is 0 Å². The molecule has 0 bridgehead atoms. The van der Waals surface area contributed by atoms with E-state index in [1.807, 2.05) is 62.5 Å². The predicted octanol–water partition coefficient (Wildman–Crippen LogP) is 2.68. The SMILES string of the molecule is CC[C@@](C)(N)C(=O)N[C@H](COCc1ccccc1)C(=O)N1CCC[C@@]2(C1)C(=O)N(C)C[C@H]2c1ccccc1. The number of hydrogen-bond acceptors (Lipinski definition) is 5. The van der Waals surface area contributed by atoms with E-state index in [1.165, 1.54) is 0 Å². The van der Waals surface area contributed by atoms with Crippen LogP contribution in [0, 0.1) is 5.41 Å². The third-order valence-corrected chi connectivity index (χ3v) is 8.19. The first-order chi connectivity index (χ1) is 18.2. The van der Waals surface area contributed by atoms with Crippen LogP contribution in [0.3, 0.4) is 0 Å². The number of hydrogen-bond donors (Lipinski definition) is 2. The van der Waals surface area contributed by atoms with E-state index in [0.29, 0.717) is 39.1 Å². The van der Waals surface area contributed by atoms with E-state index in [4.69, 9.17) is 10.5 Å². The van der Waals surface area contributed by atoms with Crippen molar-refractivity contribution in [3.63, 3.8) is 0 Å². The Kier molecular flexibility index (Phi) is 8.53. The van der Waals surface area contributed by atoms with E-state index in [9.17, 15) is 14.4 Å². The van der Waals surface area contributed by atoms with Crippen molar-refractivity contribution in [3.05, 3.63) is 71.8 Å². The molecule has 0 unspecified atom stereocenters. The van der Waals surface area contributed by atoms with E-state index in [0.717, 1.165) is 17.5 Å². The highest BCUT2D eigenvalue weighted by atomic mass is 16.5. The summed E-state index contributed by atoms with van der Waals surface area (Å²) in [6.07, 6.45) is 1.86. The van der Waals surface area contributed by atoms with E-state index >= 15 is 0 Å². The molecule has 2 aliphatic heterocycles. The zero-order valence-electron chi connectivity index (χ0n) is 22.7. The van der Waals surface area contributed by atoms with E-state index in [2.05, 4.69) is 17.4 Å². The molecule has 2 heterocycles. The molecule has 2 aromatic rings. The lowest BCUT2D eigenvalue weighted by Gasteiger charge is -2.43. The lowest BCUT2D eigenvalue weighted by molar-refractivity contribution is -0.147. The monoisotopic (exact) mass is 520 g/mol. The maximum absolute atomic E-state index is 13.9. The molecular weight excluding hydrogens is 480 g/mol. The number of likely N-dealkylation sites (tertiary alicyclic amines) is 2. The molecule has 4 rings (SSSR count). The van der Waals surface area contributed by atoms with Crippen molar-refractivity contribution < 1.29 is 19.1 Å². The van der Waals surface area contributed by atoms with Crippen molar-refractivity contribution in [1.29, 1.82) is 0 Å². The molecule has 8 nitrogen and oxygen atoms in total. The Morgan fingerprint density at radius 1 is 1.16 bits per heavy atom. The van der Waals surface area contributed by atoms with Crippen LogP contribution in [0.25, 0.3) is 0 Å². The van der Waals surface area contributed by atoms with Gasteiger partial charge in [0.25, 0.3) is 0 Å². The molecule has 3 amide bonds. The maximum Gasteiger partial charge on any atom is 0.247 e. The number of ether oxygens (including phenoxy) is 1. The number of carbonyl (C=O) groups is 3. The number of likely N-dealkylation sites (N-methyl/N-ethyl adjacent to an activating group) is 1. The first kappa shape index (κ1) is 27.8. The van der Waals surface area contributed by atoms with Crippen molar-refractivity contribution in [2.24, 2.45) is 11.1 Å². The Balaban J connectivity index is 1.55. The van der Waals surface area contributed by atoms with Gasteiger partial charge in [-0.25, -0.2) is 0 Å². The minimum absolute atomic E-state index is 0.00778. The minimum Gasteiger partial charge on any atom is -0.374 e. The number of benzene rings is 2. The lowest BCUT2D eigenvalue weighted by atomic mass is 9.69. The van der Waals surface area contributed by atoms with Gasteiger partial charge in [0.2, 0.25) is 17.7 Å². The molecule has 0 aromatic heterocycles. The van der Waals surface area contributed by atoms with Crippen LogP contribution in [0.1, 0.15) is 50.2 Å². The van der Waals surface area contributed by atoms with Crippen LogP contribution in [0.2, 0.25) is 0 Å². The third kappa shape index (κ3) is 5.76. The van der Waals surface area contributed by atoms with Gasteiger partial charge in [0.1, 0.15) is 6.04 Å². The van der Waals surface area contributed by atoms with Crippen LogP contribution in [-0.4, -0.2) is 72.4 Å². The van der Waals surface area contributed by atoms with Gasteiger partial charge in [-0.05, 0) is 37.3 Å². The summed E-state index contributed by atoms with van der Waals surface area (Å²) >= 11 is 0. The number of nitrogens with two attached hydrogens (primary N) is 1. The number of amides is 3. The summed E-state index contributed by atoms with van der Waals surface area (Å²) in [6.45, 7) is 5.28. The summed E-state index contributed by atoms with van der Waals surface area (Å²) in [4.78, 5) is 44.0. The fraction of sp³-hybridized carbons (Fsp3) is 0.500. The van der Waals surface area contributed by atoms with E-state index < -0.39 is 22.9 Å². The fourth-order valence-electron chi connectivity index (χ4n) is 5.65. The van der Waals surface area contributed by atoms with Gasteiger partial charge < -0.3 is 25.6 Å². The molecule has 0 saturated carbocycles. The Labute approximate surface area is 225 Å². The van der Waals surface area contributed by atoms with Gasteiger partial charge >= 0.3 is 0 Å². The zero-order chi connectivity index (χ0) is 27.3. The van der Waals surface area contributed by atoms with E-state index in [-0.39, 0.29) is 24.3 Å². The van der Waals surface area contributed by atoms with Gasteiger partial charge in [0, 0.05) is 32.6 Å². The topological polar surface area (TPSA) is 105 Å². The van der Waals surface area contributed by atoms with Gasteiger partial charge in [0.15, 0.2) is 0 Å². The quantitative estimate of drug-likeness (QED) is 0.529. The molecule has 38 heavy (non-hydrogen) atoms. The molecule has 3 N–H and O–H groups in total. The molecule has 204 valence electrons. The largest absolute Gasteiger partial charge is 0.374 e. The molecule has 2 fully saturated rings. The molecule has 0 radical (unpaired) electrons. The average Bonchev–Trinajstić information content (AvgIpc) is 3.17. The van der Waals surface area contributed by atoms with Crippen molar-refractivity contribution in [1.82, 2.24) is 15.1 Å². The standard InChI is InChI=1S/C30H40N4O4/c1-4-29(2,31)27(36)32-25(20-38-19-22-12-7-5-8-13-22)26(35)34-17-11-16-30(21-34)24(18-33(3)28(30)37)23-14-9-6-10-15-23/h5-10,12-15,24-25H,4,11,16-21,31H2,1-3H3,(H,32,36)/t24-,25+,29+,30-/m0/s1. The maximum atomic E-state index is 13.9. The number of rotatable bonds is 9. The van der Waals surface area contributed by atoms with Crippen LogP contribution in [0.15, 0.2) is 60.7 Å². The number of nitrogens with zero attached hydrogens (tertiary/aromatic N) is 2. The van der Waals surface area contributed by atoms with Crippen LogP contribution < -0.4 is 11.1 Å². The summed E-state index contributed by atoms with van der Waals surface area (Å²) in [5.74, 6) is -0.573. The Hall–Kier alpha value is -3.23. The summed E-state index contributed by atoms with van der Waals surface area (Å²) < 4.78 is 5.91. The summed E-state index contributed by atoms with van der Waals surface area (Å²) in [7, 11) is 1.83. The molecule has 2 aliphatic rings. The first-order valence-electron chi connectivity index (χ1n) is 13.5. The van der Waals surface area contributed by atoms with Gasteiger partial charge in [-0.3, -0.25) is 14.4 Å². The van der Waals surface area contributed by atoms with Crippen molar-refractivity contribution in [3.8, 4) is 0 Å². The number of piperidine rings is 1. The Bertz CT molecular complexity index is 1120. The first-order valence-corrected chi connectivity index (χ1v) is 13.5. The second kappa shape index (κ2) is 11.7. The highest BCUT2D eigenvalue weighted by molar-refractivity contribution is 5.93. The second-order valence-electron chi connectivity index (χ2n) is 11.0. The van der Waals surface area contributed by atoms with Crippen molar-refractivity contribution in [2.45, 2.75) is 57.2 Å². The molecule has 4 atom stereocenters. The highest BCUT2D eigenvalue weighted by Gasteiger charge is 2.55. The minimum atomic E-state index is -1.11. The van der Waals surface area contributed by atoms with Crippen molar-refractivity contribution in [2.75, 3.05) is 33.3 Å². The molecule has 1 spiro atoms. The fourth-order valence-corrected chi connectivity index (χ4v) is 5.65. The van der Waals surface area contributed by atoms with Crippen LogP contribution in [-0.2, 0) is 25.7 Å². The molecule has 2 saturated heterocycles. The van der Waals surface area contributed by atoms with Crippen molar-refractivity contribution >= 4 is 17.7 Å².